The fourth-order valence-electron chi connectivity index (χ4n) is 4.05. The maximum absolute atomic E-state index is 13.5. The second kappa shape index (κ2) is 9.61. The van der Waals surface area contributed by atoms with Crippen LogP contribution in [-0.2, 0) is 24.1 Å². The summed E-state index contributed by atoms with van der Waals surface area (Å²) in [6, 6.07) is 18.6. The Bertz CT molecular complexity index is 1490. The molecule has 9 heteroatoms. The van der Waals surface area contributed by atoms with E-state index in [1.807, 2.05) is 0 Å². The zero-order valence-corrected chi connectivity index (χ0v) is 18.8. The lowest BCUT2D eigenvalue weighted by Gasteiger charge is -2.23. The maximum atomic E-state index is 13.5. The van der Waals surface area contributed by atoms with E-state index in [4.69, 9.17) is 0 Å². The molecule has 0 saturated carbocycles. The number of carbonyl (C=O) groups is 1. The summed E-state index contributed by atoms with van der Waals surface area (Å²) in [5.41, 5.74) is -0.894. The molecule has 0 spiro atoms. The minimum Gasteiger partial charge on any atom is -0.350 e. The molecule has 1 atom stereocenters. The smallest absolute Gasteiger partial charge is 0.350 e. The lowest BCUT2D eigenvalue weighted by molar-refractivity contribution is -0.137. The third-order valence-corrected chi connectivity index (χ3v) is 5.74. The highest BCUT2D eigenvalue weighted by Crippen LogP contribution is 2.29. The highest BCUT2D eigenvalue weighted by Gasteiger charge is 2.31. The minimum atomic E-state index is -4.51. The summed E-state index contributed by atoms with van der Waals surface area (Å²) < 4.78 is 41.6. The van der Waals surface area contributed by atoms with Crippen molar-refractivity contribution < 1.29 is 18.0 Å². The normalized spacial score (nSPS) is 12.5. The molecule has 4 aromatic rings. The Morgan fingerprint density at radius 1 is 0.943 bits per heavy atom. The largest absolute Gasteiger partial charge is 0.416 e. The summed E-state index contributed by atoms with van der Waals surface area (Å²) in [7, 11) is 0. The number of amides is 1. The average Bonchev–Trinajstić information content (AvgIpc) is 2.85. The molecule has 0 aliphatic heterocycles. The van der Waals surface area contributed by atoms with Crippen molar-refractivity contribution in [3.8, 4) is 0 Å². The lowest BCUT2D eigenvalue weighted by atomic mass is 10.0. The molecule has 0 bridgehead atoms. The van der Waals surface area contributed by atoms with Crippen LogP contribution in [0.5, 0.6) is 0 Å². The van der Waals surface area contributed by atoms with Gasteiger partial charge in [-0.25, -0.2) is 4.79 Å². The maximum Gasteiger partial charge on any atom is 0.416 e. The predicted molar refractivity (Wildman–Crippen MR) is 126 cm³/mol. The summed E-state index contributed by atoms with van der Waals surface area (Å²) >= 11 is 0. The van der Waals surface area contributed by atoms with Gasteiger partial charge >= 0.3 is 11.9 Å². The van der Waals surface area contributed by atoms with Crippen molar-refractivity contribution in [1.29, 1.82) is 0 Å². The van der Waals surface area contributed by atoms with Crippen molar-refractivity contribution >= 4 is 16.8 Å². The number of alkyl halides is 3. The summed E-state index contributed by atoms with van der Waals surface area (Å²) in [4.78, 5) is 39.7. The molecular formula is C26H22F3N3O3. The molecule has 3 aromatic carbocycles. The van der Waals surface area contributed by atoms with Crippen molar-refractivity contribution in [1.82, 2.24) is 14.5 Å². The number of benzene rings is 3. The van der Waals surface area contributed by atoms with Crippen LogP contribution in [0.15, 0.2) is 88.5 Å². The highest BCUT2D eigenvalue weighted by atomic mass is 19.4. The van der Waals surface area contributed by atoms with Crippen LogP contribution in [0.1, 0.15) is 29.7 Å². The van der Waals surface area contributed by atoms with Gasteiger partial charge in [0.2, 0.25) is 5.91 Å². The van der Waals surface area contributed by atoms with Crippen LogP contribution in [-0.4, -0.2) is 15.0 Å². The Labute approximate surface area is 198 Å². The van der Waals surface area contributed by atoms with E-state index >= 15 is 0 Å². The number of fused-ring (bicyclic) bond motifs is 1. The molecule has 0 fully saturated rings. The van der Waals surface area contributed by atoms with Crippen LogP contribution in [0.25, 0.3) is 10.9 Å². The second-order valence-corrected chi connectivity index (χ2v) is 7.95. The molecular weight excluding hydrogens is 459 g/mol. The number of carbonyl (C=O) groups excluding carboxylic acids is 1. The number of rotatable bonds is 6. The monoisotopic (exact) mass is 481 g/mol. The number of halogens is 3. The van der Waals surface area contributed by atoms with Gasteiger partial charge in [-0.05, 0) is 42.3 Å². The Balaban J connectivity index is 1.81. The lowest BCUT2D eigenvalue weighted by Crippen LogP contribution is -2.45. The van der Waals surface area contributed by atoms with Gasteiger partial charge in [0.15, 0.2) is 0 Å². The third kappa shape index (κ3) is 4.75. The molecule has 1 aromatic heterocycles. The second-order valence-electron chi connectivity index (χ2n) is 7.95. The van der Waals surface area contributed by atoms with E-state index in [0.717, 1.165) is 16.7 Å². The zero-order valence-electron chi connectivity index (χ0n) is 18.8. The van der Waals surface area contributed by atoms with Gasteiger partial charge in [-0.1, -0.05) is 54.6 Å². The predicted octanol–water partition coefficient (Wildman–Crippen LogP) is 4.11. The first kappa shape index (κ1) is 24.0. The van der Waals surface area contributed by atoms with Crippen molar-refractivity contribution in [2.24, 2.45) is 0 Å². The van der Waals surface area contributed by atoms with Crippen molar-refractivity contribution in [2.45, 2.75) is 32.2 Å². The van der Waals surface area contributed by atoms with E-state index in [2.05, 4.69) is 5.32 Å². The third-order valence-electron chi connectivity index (χ3n) is 5.74. The molecule has 1 heterocycles. The molecule has 6 nitrogen and oxygen atoms in total. The van der Waals surface area contributed by atoms with Gasteiger partial charge in [0.05, 0.1) is 16.5 Å². The highest BCUT2D eigenvalue weighted by molar-refractivity contribution is 5.87. The van der Waals surface area contributed by atoms with Crippen LogP contribution in [0.2, 0.25) is 0 Å². The molecule has 0 radical (unpaired) electrons. The first-order valence-electron chi connectivity index (χ1n) is 10.9. The van der Waals surface area contributed by atoms with E-state index in [0.29, 0.717) is 5.56 Å². The number of hydrogen-bond donors (Lipinski definition) is 1. The van der Waals surface area contributed by atoms with Crippen LogP contribution >= 0.6 is 0 Å². The van der Waals surface area contributed by atoms with Gasteiger partial charge < -0.3 is 5.32 Å². The van der Waals surface area contributed by atoms with E-state index in [1.54, 1.807) is 61.5 Å². The van der Waals surface area contributed by atoms with E-state index < -0.39 is 34.9 Å². The van der Waals surface area contributed by atoms with Gasteiger partial charge in [0, 0.05) is 13.1 Å². The van der Waals surface area contributed by atoms with Crippen LogP contribution in [0.4, 0.5) is 13.2 Å². The van der Waals surface area contributed by atoms with Crippen molar-refractivity contribution in [3.63, 3.8) is 0 Å². The number of nitrogens with one attached hydrogen (secondary N) is 1. The van der Waals surface area contributed by atoms with E-state index in [-0.39, 0.29) is 29.6 Å². The Morgan fingerprint density at radius 3 is 2.31 bits per heavy atom. The Morgan fingerprint density at radius 2 is 1.63 bits per heavy atom. The molecule has 1 N–H and O–H groups in total. The fourth-order valence-corrected chi connectivity index (χ4v) is 4.05. The summed E-state index contributed by atoms with van der Waals surface area (Å²) in [6.45, 7) is 1.59. The average molecular weight is 481 g/mol. The molecule has 0 unspecified atom stereocenters. The number of nitrogens with zero attached hydrogens (tertiary/aromatic N) is 2. The van der Waals surface area contributed by atoms with Crippen LogP contribution < -0.4 is 16.6 Å². The number of para-hydroxylation sites is 1. The molecule has 180 valence electrons. The molecule has 0 saturated heterocycles. The number of aromatic nitrogens is 2. The summed E-state index contributed by atoms with van der Waals surface area (Å²) in [5, 5.41) is 2.94. The summed E-state index contributed by atoms with van der Waals surface area (Å²) in [6.07, 6.45) is -4.51. The zero-order chi connectivity index (χ0) is 25.2. The molecule has 0 aliphatic rings. The molecule has 4 rings (SSSR count). The molecule has 1 amide bonds. The Kier molecular flexibility index (Phi) is 6.59. The van der Waals surface area contributed by atoms with Crippen molar-refractivity contribution in [3.05, 3.63) is 116 Å². The quantitative estimate of drug-likeness (QED) is 0.451. The van der Waals surface area contributed by atoms with E-state index in [9.17, 15) is 27.6 Å². The Hall–Kier alpha value is -4.14. The van der Waals surface area contributed by atoms with Crippen LogP contribution in [0.3, 0.4) is 0 Å². The molecule has 0 aliphatic carbocycles. The van der Waals surface area contributed by atoms with Gasteiger partial charge in [0.25, 0.3) is 5.56 Å². The SMILES string of the molecule is CCn1c(=O)c2ccccc2n([C@@H](C(=O)NCc2cccc(C(F)(F)F)c2)c2ccccc2)c1=O. The van der Waals surface area contributed by atoms with Crippen molar-refractivity contribution in [2.75, 3.05) is 0 Å². The molecule has 35 heavy (non-hydrogen) atoms. The van der Waals surface area contributed by atoms with Gasteiger partial charge in [-0.15, -0.1) is 0 Å². The van der Waals surface area contributed by atoms with Gasteiger partial charge in [0.1, 0.15) is 6.04 Å². The fraction of sp³-hybridized carbons (Fsp3) is 0.192. The van der Waals surface area contributed by atoms with Crippen LogP contribution in [0, 0.1) is 0 Å². The van der Waals surface area contributed by atoms with Gasteiger partial charge in [-0.2, -0.15) is 13.2 Å². The van der Waals surface area contributed by atoms with Gasteiger partial charge in [-0.3, -0.25) is 18.7 Å². The van der Waals surface area contributed by atoms with E-state index in [1.165, 1.54) is 16.7 Å². The number of hydrogen-bond acceptors (Lipinski definition) is 3. The topological polar surface area (TPSA) is 73.1 Å². The standard InChI is InChI=1S/C26H22F3N3O3/c1-2-31-24(34)20-13-6-7-14-21(20)32(25(31)35)22(18-10-4-3-5-11-18)23(33)30-16-17-9-8-12-19(15-17)26(27,28)29/h3-15,22H,2,16H2,1H3,(H,30,33)/t22-/m1/s1. The first-order chi connectivity index (χ1) is 16.7. The minimum absolute atomic E-state index is 0.107. The first-order valence-corrected chi connectivity index (χ1v) is 10.9. The summed E-state index contributed by atoms with van der Waals surface area (Å²) in [5.74, 6) is -0.595.